The molecule has 0 bridgehead atoms. The molecule has 2 amide bonds. The van der Waals surface area contributed by atoms with E-state index in [4.69, 9.17) is 25.2 Å². The fourth-order valence-electron chi connectivity index (χ4n) is 3.36. The second-order valence-electron chi connectivity index (χ2n) is 10.1. The zero-order chi connectivity index (χ0) is 29.1. The first-order valence-electron chi connectivity index (χ1n) is 12.8. The molecule has 0 aliphatic carbocycles. The summed E-state index contributed by atoms with van der Waals surface area (Å²) in [7, 11) is 0. The Morgan fingerprint density at radius 1 is 1.36 bits per heavy atom. The number of thioether (sulfide) groups is 1. The number of alkyl carbamates (subject to hydrolysis) is 1. The number of rotatable bonds is 13. The monoisotopic (exact) mass is 562 g/mol. The highest BCUT2D eigenvalue weighted by Crippen LogP contribution is 2.30. The number of carbonyl (C=O) groups excluding carboxylic acids is 2. The van der Waals surface area contributed by atoms with Crippen molar-refractivity contribution in [3.8, 4) is 18.1 Å². The summed E-state index contributed by atoms with van der Waals surface area (Å²) in [6.07, 6.45) is 6.58. The van der Waals surface area contributed by atoms with E-state index in [2.05, 4.69) is 26.7 Å². The first kappa shape index (κ1) is 31.8. The lowest BCUT2D eigenvalue weighted by Crippen LogP contribution is -2.45. The van der Waals surface area contributed by atoms with E-state index in [0.29, 0.717) is 35.9 Å². The molecule has 1 aromatic heterocycles. The summed E-state index contributed by atoms with van der Waals surface area (Å²) >= 11 is 1.41. The van der Waals surface area contributed by atoms with Crippen molar-refractivity contribution in [2.75, 3.05) is 25.5 Å². The third kappa shape index (κ3) is 10.7. The maximum atomic E-state index is 13.3. The van der Waals surface area contributed by atoms with Gasteiger partial charge >= 0.3 is 11.7 Å². The van der Waals surface area contributed by atoms with Gasteiger partial charge in [-0.25, -0.2) is 9.59 Å². The van der Waals surface area contributed by atoms with Crippen molar-refractivity contribution in [1.29, 1.82) is 0 Å². The Balaban J connectivity index is 1.96. The van der Waals surface area contributed by atoms with Gasteiger partial charge in [0.05, 0.1) is 12.1 Å². The van der Waals surface area contributed by atoms with Crippen molar-refractivity contribution < 1.29 is 28.3 Å². The minimum absolute atomic E-state index is 0.00801. The second-order valence-corrected chi connectivity index (χ2v) is 11.1. The van der Waals surface area contributed by atoms with Gasteiger partial charge in [-0.15, -0.1) is 18.2 Å². The molecule has 1 aliphatic heterocycles. The van der Waals surface area contributed by atoms with Crippen LogP contribution in [0.5, 0.6) is 5.75 Å². The summed E-state index contributed by atoms with van der Waals surface area (Å²) in [6.45, 7) is 11.5. The van der Waals surface area contributed by atoms with Gasteiger partial charge in [0, 0.05) is 24.8 Å². The van der Waals surface area contributed by atoms with Gasteiger partial charge in [-0.2, -0.15) is 0 Å². The van der Waals surface area contributed by atoms with E-state index in [9.17, 15) is 14.4 Å². The van der Waals surface area contributed by atoms with Gasteiger partial charge in [0.15, 0.2) is 0 Å². The summed E-state index contributed by atoms with van der Waals surface area (Å²) in [5.41, 5.74) is -1.64. The number of nitrogens with one attached hydrogen (secondary N) is 2. The molecule has 0 unspecified atom stereocenters. The lowest BCUT2D eigenvalue weighted by molar-refractivity contribution is -0.125. The molecule has 214 valence electrons. The van der Waals surface area contributed by atoms with E-state index < -0.39 is 28.9 Å². The minimum Gasteiger partial charge on any atom is -0.481 e. The molecule has 12 heteroatoms. The number of amides is 2. The van der Waals surface area contributed by atoms with Crippen LogP contribution in [0.2, 0.25) is 0 Å². The van der Waals surface area contributed by atoms with Gasteiger partial charge in [-0.3, -0.25) is 9.79 Å². The van der Waals surface area contributed by atoms with Gasteiger partial charge in [-0.1, -0.05) is 24.4 Å². The van der Waals surface area contributed by atoms with E-state index in [0.717, 1.165) is 6.42 Å². The molecule has 2 atom stereocenters. The summed E-state index contributed by atoms with van der Waals surface area (Å²) < 4.78 is 15.9. The Kier molecular flexibility index (Phi) is 11.9. The summed E-state index contributed by atoms with van der Waals surface area (Å²) in [5.74, 6) is 3.03. The van der Waals surface area contributed by atoms with Crippen molar-refractivity contribution in [2.24, 2.45) is 10.1 Å². The van der Waals surface area contributed by atoms with Crippen LogP contribution in [0.15, 0.2) is 31.5 Å². The predicted molar refractivity (Wildman–Crippen MR) is 151 cm³/mol. The molecule has 39 heavy (non-hydrogen) atoms. The third-order valence-electron chi connectivity index (χ3n) is 5.23. The summed E-state index contributed by atoms with van der Waals surface area (Å²) in [4.78, 5) is 47.0. The Labute approximate surface area is 233 Å². The number of aliphatic imine (C=N–C) groups is 1. The Hall–Kier alpha value is -3.46. The van der Waals surface area contributed by atoms with Crippen LogP contribution in [0.1, 0.15) is 72.6 Å². The van der Waals surface area contributed by atoms with Crippen LogP contribution < -0.4 is 21.0 Å². The molecule has 11 nitrogen and oxygen atoms in total. The van der Waals surface area contributed by atoms with Crippen molar-refractivity contribution >= 4 is 34.5 Å². The van der Waals surface area contributed by atoms with Gasteiger partial charge < -0.3 is 29.4 Å². The standard InChI is InChI=1S/C27H38N4O7S/c1-8-11-20(21-15-19(35-13-9-2)16-22(32)37-21)29-24(33)27(7)17-39-23(30-27)18(3)31-36-14-10-12-28-25(34)38-26(4,5)6/h2,15-16,20H,8,10-14,17H2,1,3-7H3,(H,28,34)(H,29,33)/b31-18+/t20-,27+/m1/s1. The Morgan fingerprint density at radius 2 is 2.10 bits per heavy atom. The average Bonchev–Trinajstić information content (AvgIpc) is 3.26. The summed E-state index contributed by atoms with van der Waals surface area (Å²) in [5, 5.41) is 10.3. The molecule has 1 aliphatic rings. The number of oxime groups is 1. The minimum atomic E-state index is -1.04. The van der Waals surface area contributed by atoms with E-state index in [-0.39, 0.29) is 30.6 Å². The van der Waals surface area contributed by atoms with Crippen LogP contribution in [0.25, 0.3) is 0 Å². The van der Waals surface area contributed by atoms with E-state index >= 15 is 0 Å². The number of carbonyl (C=O) groups is 2. The highest BCUT2D eigenvalue weighted by Gasteiger charge is 2.40. The fraction of sp³-hybridized carbons (Fsp3) is 0.593. The molecule has 0 saturated carbocycles. The zero-order valence-corrected chi connectivity index (χ0v) is 24.2. The SMILES string of the molecule is C#CCOc1cc([C@@H](CCC)NC(=O)[C@]2(C)CSC(/C(C)=N/OCCCNC(=O)OC(C)(C)C)=N2)oc(=O)c1. The van der Waals surface area contributed by atoms with Crippen LogP contribution in [-0.2, 0) is 14.4 Å². The quantitative estimate of drug-likeness (QED) is 0.160. The van der Waals surface area contributed by atoms with E-state index in [1.165, 1.54) is 17.8 Å². The van der Waals surface area contributed by atoms with Gasteiger partial charge in [0.2, 0.25) is 5.91 Å². The smallest absolute Gasteiger partial charge is 0.407 e. The Morgan fingerprint density at radius 3 is 2.77 bits per heavy atom. The lowest BCUT2D eigenvalue weighted by Gasteiger charge is -2.24. The van der Waals surface area contributed by atoms with Crippen LogP contribution in [0, 0.1) is 12.3 Å². The molecule has 0 fully saturated rings. The first-order valence-corrected chi connectivity index (χ1v) is 13.7. The number of nitrogens with zero attached hydrogens (tertiary/aromatic N) is 2. The molecule has 2 rings (SSSR count). The average molecular weight is 563 g/mol. The highest BCUT2D eigenvalue weighted by molar-refractivity contribution is 8.16. The lowest BCUT2D eigenvalue weighted by atomic mass is 10.0. The van der Waals surface area contributed by atoms with E-state index in [1.807, 2.05) is 6.92 Å². The van der Waals surface area contributed by atoms with Gasteiger partial charge in [0.25, 0.3) is 0 Å². The number of terminal acetylenes is 1. The van der Waals surface area contributed by atoms with Gasteiger partial charge in [0.1, 0.15) is 46.6 Å². The van der Waals surface area contributed by atoms with Crippen LogP contribution in [0.3, 0.4) is 0 Å². The van der Waals surface area contributed by atoms with Gasteiger partial charge in [-0.05, 0) is 41.0 Å². The maximum absolute atomic E-state index is 13.3. The van der Waals surface area contributed by atoms with Crippen LogP contribution in [-0.4, -0.2) is 59.4 Å². The van der Waals surface area contributed by atoms with E-state index in [1.54, 1.807) is 40.7 Å². The molecule has 0 radical (unpaired) electrons. The predicted octanol–water partition coefficient (Wildman–Crippen LogP) is 3.82. The molecule has 0 spiro atoms. The molecule has 2 heterocycles. The molecular formula is C27H38N4O7S. The molecule has 2 N–H and O–H groups in total. The van der Waals surface area contributed by atoms with Crippen molar-refractivity contribution in [3.63, 3.8) is 0 Å². The molecule has 0 aromatic carbocycles. The maximum Gasteiger partial charge on any atom is 0.407 e. The second kappa shape index (κ2) is 14.6. The van der Waals surface area contributed by atoms with Crippen molar-refractivity contribution in [3.05, 3.63) is 28.3 Å². The third-order valence-corrected chi connectivity index (χ3v) is 6.60. The molecular weight excluding hydrogens is 524 g/mol. The normalized spacial score (nSPS) is 18.0. The van der Waals surface area contributed by atoms with Crippen LogP contribution in [0.4, 0.5) is 4.79 Å². The van der Waals surface area contributed by atoms with Crippen molar-refractivity contribution in [2.45, 2.75) is 78.0 Å². The Bertz CT molecular complexity index is 1170. The largest absolute Gasteiger partial charge is 0.481 e. The number of hydrogen-bond donors (Lipinski definition) is 2. The highest BCUT2D eigenvalue weighted by atomic mass is 32.2. The number of hydrogen-bond acceptors (Lipinski definition) is 10. The topological polar surface area (TPSA) is 141 Å². The van der Waals surface area contributed by atoms with Crippen LogP contribution >= 0.6 is 11.8 Å². The summed E-state index contributed by atoms with van der Waals surface area (Å²) in [6, 6.07) is 2.23. The first-order chi connectivity index (χ1) is 18.4. The van der Waals surface area contributed by atoms with Crippen molar-refractivity contribution in [1.82, 2.24) is 10.6 Å². The fourth-order valence-corrected chi connectivity index (χ4v) is 4.49. The molecule has 0 saturated heterocycles. The zero-order valence-electron chi connectivity index (χ0n) is 23.4. The molecule has 1 aromatic rings. The number of ether oxygens (including phenoxy) is 2.